The molecular weight excluding hydrogens is 404 g/mol. The second-order valence-electron chi connectivity index (χ2n) is 8.28. The Morgan fingerprint density at radius 1 is 0.935 bits per heavy atom. The van der Waals surface area contributed by atoms with E-state index in [-0.39, 0.29) is 11.6 Å². The largest absolute Gasteiger partial charge is 0.377 e. The molecule has 0 radical (unpaired) electrons. The zero-order valence-electron chi connectivity index (χ0n) is 17.3. The summed E-state index contributed by atoms with van der Waals surface area (Å²) in [6.07, 6.45) is 0. The molecular formula is C24H24N6S. The fraction of sp³-hybridized carbons (Fsp3) is 0.208. The third-order valence-corrected chi connectivity index (χ3v) is 5.99. The van der Waals surface area contributed by atoms with Crippen molar-refractivity contribution in [2.45, 2.75) is 18.5 Å². The van der Waals surface area contributed by atoms with Gasteiger partial charge in [-0.25, -0.2) is 4.68 Å². The van der Waals surface area contributed by atoms with Crippen molar-refractivity contribution in [3.05, 3.63) is 101 Å². The standard InChI is InChI=1S/C24H24N6S/c1-24(25-20-13-8-14-21(15-20)30-23(31)26-27-28-30)16-29(17-24)22(18-9-4-2-5-10-18)19-11-6-3-7-12-19/h2-15,22,25H,16-17H2,1H3,(H,26,28,31). The highest BCUT2D eigenvalue weighted by atomic mass is 32.1. The van der Waals surface area contributed by atoms with E-state index in [0.717, 1.165) is 24.5 Å². The van der Waals surface area contributed by atoms with Gasteiger partial charge in [0, 0.05) is 18.8 Å². The third kappa shape index (κ3) is 4.02. The molecule has 5 rings (SSSR count). The summed E-state index contributed by atoms with van der Waals surface area (Å²) in [7, 11) is 0. The van der Waals surface area contributed by atoms with E-state index in [9.17, 15) is 0 Å². The van der Waals surface area contributed by atoms with Crippen LogP contribution in [0, 0.1) is 4.77 Å². The average molecular weight is 429 g/mol. The Morgan fingerprint density at radius 2 is 1.58 bits per heavy atom. The van der Waals surface area contributed by atoms with Crippen LogP contribution in [0.2, 0.25) is 0 Å². The molecule has 0 saturated carbocycles. The van der Waals surface area contributed by atoms with E-state index in [1.165, 1.54) is 11.1 Å². The minimum absolute atomic E-state index is 0.0197. The van der Waals surface area contributed by atoms with Gasteiger partial charge in [-0.15, -0.1) is 0 Å². The van der Waals surface area contributed by atoms with Crippen LogP contribution in [0.15, 0.2) is 84.9 Å². The number of rotatable bonds is 6. The molecule has 2 heterocycles. The number of aromatic nitrogens is 4. The summed E-state index contributed by atoms with van der Waals surface area (Å²) < 4.78 is 2.10. The number of hydrogen-bond acceptors (Lipinski definition) is 5. The molecule has 1 saturated heterocycles. The van der Waals surface area contributed by atoms with Gasteiger partial charge < -0.3 is 5.32 Å². The lowest BCUT2D eigenvalue weighted by Gasteiger charge is -2.52. The maximum absolute atomic E-state index is 5.22. The summed E-state index contributed by atoms with van der Waals surface area (Å²) in [5.41, 5.74) is 4.57. The quantitative estimate of drug-likeness (QED) is 0.440. The fourth-order valence-electron chi connectivity index (χ4n) is 4.43. The molecule has 6 nitrogen and oxygen atoms in total. The van der Waals surface area contributed by atoms with E-state index in [0.29, 0.717) is 4.77 Å². The molecule has 1 aromatic heterocycles. The number of nitrogens with one attached hydrogen (secondary N) is 2. The second kappa shape index (κ2) is 8.09. The van der Waals surface area contributed by atoms with Gasteiger partial charge in [0.25, 0.3) is 0 Å². The summed E-state index contributed by atoms with van der Waals surface area (Å²) in [4.78, 5) is 2.52. The number of nitrogens with zero attached hydrogens (tertiary/aromatic N) is 4. The van der Waals surface area contributed by atoms with Crippen molar-refractivity contribution in [2.75, 3.05) is 18.4 Å². The molecule has 0 bridgehead atoms. The summed E-state index contributed by atoms with van der Waals surface area (Å²) in [5, 5.41) is 14.2. The number of benzene rings is 3. The molecule has 7 heteroatoms. The Labute approximate surface area is 186 Å². The van der Waals surface area contributed by atoms with Crippen LogP contribution in [0.5, 0.6) is 0 Å². The maximum atomic E-state index is 5.22. The first kappa shape index (κ1) is 19.7. The van der Waals surface area contributed by atoms with Crippen LogP contribution in [0.4, 0.5) is 5.69 Å². The van der Waals surface area contributed by atoms with Crippen molar-refractivity contribution >= 4 is 17.9 Å². The molecule has 2 N–H and O–H groups in total. The molecule has 1 aliphatic heterocycles. The summed E-state index contributed by atoms with van der Waals surface area (Å²) in [5.74, 6) is 0. The van der Waals surface area contributed by atoms with Gasteiger partial charge in [0.05, 0.1) is 17.3 Å². The van der Waals surface area contributed by atoms with Crippen LogP contribution in [0.1, 0.15) is 24.1 Å². The van der Waals surface area contributed by atoms with Crippen molar-refractivity contribution in [2.24, 2.45) is 0 Å². The highest BCUT2D eigenvalue weighted by molar-refractivity contribution is 7.71. The van der Waals surface area contributed by atoms with Gasteiger partial charge in [-0.2, -0.15) is 5.21 Å². The van der Waals surface area contributed by atoms with Gasteiger partial charge in [0.2, 0.25) is 4.77 Å². The van der Waals surface area contributed by atoms with E-state index in [2.05, 4.69) is 105 Å². The van der Waals surface area contributed by atoms with E-state index < -0.39 is 0 Å². The number of hydrogen-bond donors (Lipinski definition) is 2. The van der Waals surface area contributed by atoms with Gasteiger partial charge in [0.15, 0.2) is 0 Å². The minimum atomic E-state index is -0.0197. The zero-order valence-corrected chi connectivity index (χ0v) is 18.1. The Bertz CT molecular complexity index is 1170. The predicted octanol–water partition coefficient (Wildman–Crippen LogP) is 4.60. The van der Waals surface area contributed by atoms with Crippen molar-refractivity contribution in [3.63, 3.8) is 0 Å². The minimum Gasteiger partial charge on any atom is -0.377 e. The van der Waals surface area contributed by atoms with Crippen molar-refractivity contribution in [3.8, 4) is 5.69 Å². The Hall–Kier alpha value is -3.29. The first-order valence-corrected chi connectivity index (χ1v) is 10.7. The molecule has 156 valence electrons. The molecule has 0 aliphatic carbocycles. The van der Waals surface area contributed by atoms with Crippen LogP contribution >= 0.6 is 12.2 Å². The maximum Gasteiger partial charge on any atom is 0.242 e. The first-order chi connectivity index (χ1) is 15.1. The average Bonchev–Trinajstić information content (AvgIpc) is 3.20. The number of likely N-dealkylation sites (tertiary alicyclic amines) is 1. The van der Waals surface area contributed by atoms with Crippen molar-refractivity contribution < 1.29 is 0 Å². The van der Waals surface area contributed by atoms with E-state index in [1.54, 1.807) is 4.68 Å². The van der Waals surface area contributed by atoms with Crippen LogP contribution < -0.4 is 5.32 Å². The Kier molecular flexibility index (Phi) is 5.13. The van der Waals surface area contributed by atoms with Crippen molar-refractivity contribution in [1.82, 2.24) is 25.1 Å². The smallest absolute Gasteiger partial charge is 0.242 e. The van der Waals surface area contributed by atoms with Gasteiger partial charge in [-0.05, 0) is 48.5 Å². The van der Waals surface area contributed by atoms with E-state index in [1.807, 2.05) is 12.1 Å². The SMILES string of the molecule is CC1(Nc2cccc(-n3[nH]nnc3=S)c2)CN(C(c2ccccc2)c2ccccc2)C1. The third-order valence-electron chi connectivity index (χ3n) is 5.72. The van der Waals surface area contributed by atoms with Crippen LogP contribution in [-0.2, 0) is 0 Å². The Morgan fingerprint density at radius 3 is 2.16 bits per heavy atom. The molecule has 31 heavy (non-hydrogen) atoms. The number of anilines is 1. The zero-order chi connectivity index (χ0) is 21.3. The van der Waals surface area contributed by atoms with E-state index >= 15 is 0 Å². The lowest BCUT2D eigenvalue weighted by atomic mass is 9.86. The highest BCUT2D eigenvalue weighted by Gasteiger charge is 2.42. The van der Waals surface area contributed by atoms with Gasteiger partial charge in [0.1, 0.15) is 0 Å². The van der Waals surface area contributed by atoms with Crippen LogP contribution in [0.3, 0.4) is 0 Å². The molecule has 1 fully saturated rings. The van der Waals surface area contributed by atoms with Crippen LogP contribution in [0.25, 0.3) is 5.69 Å². The highest BCUT2D eigenvalue weighted by Crippen LogP contribution is 2.37. The Balaban J connectivity index is 1.35. The van der Waals surface area contributed by atoms with Crippen molar-refractivity contribution in [1.29, 1.82) is 0 Å². The van der Waals surface area contributed by atoms with Gasteiger partial charge in [-0.3, -0.25) is 4.90 Å². The second-order valence-corrected chi connectivity index (χ2v) is 8.65. The fourth-order valence-corrected chi connectivity index (χ4v) is 4.62. The number of tetrazole rings is 1. The molecule has 1 aliphatic rings. The number of aromatic amines is 1. The molecule has 0 amide bonds. The normalized spacial score (nSPS) is 15.5. The van der Waals surface area contributed by atoms with Crippen LogP contribution in [-0.4, -0.2) is 43.7 Å². The lowest BCUT2D eigenvalue weighted by Crippen LogP contribution is -2.64. The molecule has 0 unspecified atom stereocenters. The predicted molar refractivity (Wildman–Crippen MR) is 125 cm³/mol. The first-order valence-electron chi connectivity index (χ1n) is 10.3. The lowest BCUT2D eigenvalue weighted by molar-refractivity contribution is 0.0672. The molecule has 0 spiro atoms. The molecule has 0 atom stereocenters. The number of H-pyrrole nitrogens is 1. The van der Waals surface area contributed by atoms with E-state index in [4.69, 9.17) is 12.2 Å². The van der Waals surface area contributed by atoms with Gasteiger partial charge in [-0.1, -0.05) is 77.0 Å². The topological polar surface area (TPSA) is 61.8 Å². The summed E-state index contributed by atoms with van der Waals surface area (Å²) in [6, 6.07) is 29.8. The molecule has 4 aromatic rings. The molecule has 3 aromatic carbocycles. The summed E-state index contributed by atoms with van der Waals surface area (Å²) >= 11 is 5.22. The monoisotopic (exact) mass is 428 g/mol. The van der Waals surface area contributed by atoms with Gasteiger partial charge >= 0.3 is 0 Å². The summed E-state index contributed by atoms with van der Waals surface area (Å²) in [6.45, 7) is 4.15.